The summed E-state index contributed by atoms with van der Waals surface area (Å²) in [6, 6.07) is 17.3. The Balaban J connectivity index is 1.82. The van der Waals surface area contributed by atoms with Gasteiger partial charge in [-0.15, -0.1) is 0 Å². The number of carbonyl (C=O) groups is 2. The Kier molecular flexibility index (Phi) is 7.66. The molecule has 0 heterocycles. The average Bonchev–Trinajstić information content (AvgIpc) is 2.73. The number of nitrogens with one attached hydrogen (secondary N) is 1. The highest BCUT2D eigenvalue weighted by atomic mass is 35.7. The second kappa shape index (κ2) is 10.3. The summed E-state index contributed by atoms with van der Waals surface area (Å²) < 4.78 is 36.2. The van der Waals surface area contributed by atoms with Gasteiger partial charge in [-0.2, -0.15) is 0 Å². The third-order valence-corrected chi connectivity index (χ3v) is 6.53. The van der Waals surface area contributed by atoms with E-state index in [1.54, 1.807) is 0 Å². The molecule has 3 rings (SSSR count). The van der Waals surface area contributed by atoms with Gasteiger partial charge in [-0.3, -0.25) is 9.59 Å². The Labute approximate surface area is 194 Å². The van der Waals surface area contributed by atoms with Crippen molar-refractivity contribution in [3.05, 3.63) is 100 Å². The van der Waals surface area contributed by atoms with Crippen molar-refractivity contribution in [2.75, 3.05) is 0 Å². The van der Waals surface area contributed by atoms with Crippen LogP contribution in [0.25, 0.3) is 0 Å². The van der Waals surface area contributed by atoms with Gasteiger partial charge in [0.25, 0.3) is 15.0 Å². The van der Waals surface area contributed by atoms with Crippen LogP contribution in [0.15, 0.2) is 77.7 Å². The summed E-state index contributed by atoms with van der Waals surface area (Å²) in [5.74, 6) is -1.29. The quantitative estimate of drug-likeness (QED) is 0.466. The van der Waals surface area contributed by atoms with Crippen LogP contribution >= 0.6 is 22.3 Å². The molecule has 166 valence electrons. The molecule has 0 unspecified atom stereocenters. The van der Waals surface area contributed by atoms with Crippen molar-refractivity contribution in [1.82, 2.24) is 5.32 Å². The van der Waals surface area contributed by atoms with E-state index in [-0.39, 0.29) is 34.1 Å². The summed E-state index contributed by atoms with van der Waals surface area (Å²) in [6.07, 6.45) is 0.151. The Bertz CT molecular complexity index is 1230. The summed E-state index contributed by atoms with van der Waals surface area (Å²) in [5, 5.41) is 2.61. The van der Waals surface area contributed by atoms with E-state index in [1.165, 1.54) is 30.3 Å². The molecule has 0 fully saturated rings. The Hall–Kier alpha value is -2.74. The lowest BCUT2D eigenvalue weighted by Gasteiger charge is -2.18. The standard InChI is InChI=1S/C23H18Cl2FNO4S/c24-19-12-16(6-11-22(19)32(25,30)31)14-21(28)20(13-15-4-2-1-3-5-15)27-23(29)17-7-9-18(26)10-8-17/h1-12,20H,13-14H2,(H,27,29)/t20-/m0/s1. The van der Waals surface area contributed by atoms with E-state index in [4.69, 9.17) is 22.3 Å². The predicted molar refractivity (Wildman–Crippen MR) is 121 cm³/mol. The fourth-order valence-electron chi connectivity index (χ4n) is 3.11. The lowest BCUT2D eigenvalue weighted by atomic mass is 9.97. The first-order valence-electron chi connectivity index (χ1n) is 9.49. The van der Waals surface area contributed by atoms with E-state index in [0.717, 1.165) is 17.7 Å². The molecule has 0 saturated carbocycles. The average molecular weight is 494 g/mol. The summed E-state index contributed by atoms with van der Waals surface area (Å²) in [4.78, 5) is 25.5. The maximum Gasteiger partial charge on any atom is 0.262 e. The lowest BCUT2D eigenvalue weighted by Crippen LogP contribution is -2.43. The van der Waals surface area contributed by atoms with Crippen molar-refractivity contribution >= 4 is 43.0 Å². The molecule has 0 aliphatic carbocycles. The summed E-state index contributed by atoms with van der Waals surface area (Å²) in [7, 11) is 1.32. The number of halogens is 3. The Morgan fingerprint density at radius 2 is 1.59 bits per heavy atom. The van der Waals surface area contributed by atoms with Crippen molar-refractivity contribution in [3.8, 4) is 0 Å². The van der Waals surface area contributed by atoms with Crippen molar-refractivity contribution in [1.29, 1.82) is 0 Å². The monoisotopic (exact) mass is 493 g/mol. The lowest BCUT2D eigenvalue weighted by molar-refractivity contribution is -0.120. The molecule has 3 aromatic carbocycles. The van der Waals surface area contributed by atoms with Crippen LogP contribution in [0.5, 0.6) is 0 Å². The zero-order valence-electron chi connectivity index (χ0n) is 16.6. The Morgan fingerprint density at radius 3 is 2.19 bits per heavy atom. The number of carbonyl (C=O) groups excluding carboxylic acids is 2. The van der Waals surface area contributed by atoms with Gasteiger partial charge in [0.2, 0.25) is 0 Å². The van der Waals surface area contributed by atoms with Crippen LogP contribution in [0, 0.1) is 5.82 Å². The predicted octanol–water partition coefficient (Wildman–Crippen LogP) is 4.56. The highest BCUT2D eigenvalue weighted by Crippen LogP contribution is 2.26. The molecule has 1 N–H and O–H groups in total. The number of benzene rings is 3. The van der Waals surface area contributed by atoms with Gasteiger partial charge in [0.05, 0.1) is 11.1 Å². The van der Waals surface area contributed by atoms with Gasteiger partial charge in [0.1, 0.15) is 10.7 Å². The minimum atomic E-state index is -4.01. The van der Waals surface area contributed by atoms with Crippen LogP contribution in [0.1, 0.15) is 21.5 Å². The van der Waals surface area contributed by atoms with Crippen LogP contribution in [-0.4, -0.2) is 26.2 Å². The van der Waals surface area contributed by atoms with Crippen molar-refractivity contribution in [2.24, 2.45) is 0 Å². The molecule has 0 spiro atoms. The third-order valence-electron chi connectivity index (χ3n) is 4.72. The number of hydrogen-bond acceptors (Lipinski definition) is 4. The van der Waals surface area contributed by atoms with Crippen molar-refractivity contribution < 1.29 is 22.4 Å². The topological polar surface area (TPSA) is 80.3 Å². The van der Waals surface area contributed by atoms with Gasteiger partial charge < -0.3 is 5.32 Å². The van der Waals surface area contributed by atoms with E-state index in [1.807, 2.05) is 30.3 Å². The third kappa shape index (κ3) is 6.38. The van der Waals surface area contributed by atoms with Crippen LogP contribution in [0.2, 0.25) is 5.02 Å². The van der Waals surface area contributed by atoms with E-state index in [9.17, 15) is 22.4 Å². The first-order valence-corrected chi connectivity index (χ1v) is 12.2. The first kappa shape index (κ1) is 23.9. The molecule has 9 heteroatoms. The molecule has 0 aliphatic rings. The molecule has 0 radical (unpaired) electrons. The van der Waals surface area contributed by atoms with Crippen LogP contribution < -0.4 is 5.32 Å². The molecule has 0 saturated heterocycles. The number of rotatable bonds is 8. The smallest absolute Gasteiger partial charge is 0.262 e. The fraction of sp³-hybridized carbons (Fsp3) is 0.130. The molecular weight excluding hydrogens is 476 g/mol. The minimum absolute atomic E-state index is 0.0937. The molecule has 0 aliphatic heterocycles. The summed E-state index contributed by atoms with van der Waals surface area (Å²) in [6.45, 7) is 0. The normalized spacial score (nSPS) is 12.2. The fourth-order valence-corrected chi connectivity index (χ4v) is 4.67. The highest BCUT2D eigenvalue weighted by molar-refractivity contribution is 8.13. The molecule has 0 aromatic heterocycles. The molecule has 1 atom stereocenters. The second-order valence-electron chi connectivity index (χ2n) is 7.07. The van der Waals surface area contributed by atoms with E-state index < -0.39 is 26.8 Å². The van der Waals surface area contributed by atoms with Crippen molar-refractivity contribution in [2.45, 2.75) is 23.8 Å². The van der Waals surface area contributed by atoms with Gasteiger partial charge in [-0.1, -0.05) is 48.0 Å². The van der Waals surface area contributed by atoms with Gasteiger partial charge in [0, 0.05) is 22.7 Å². The van der Waals surface area contributed by atoms with Gasteiger partial charge in [0.15, 0.2) is 5.78 Å². The van der Waals surface area contributed by atoms with Crippen LogP contribution in [0.4, 0.5) is 4.39 Å². The molecule has 0 bridgehead atoms. The number of hydrogen-bond donors (Lipinski definition) is 1. The minimum Gasteiger partial charge on any atom is -0.342 e. The number of amides is 1. The SMILES string of the molecule is O=C(N[C@@H](Cc1ccccc1)C(=O)Cc1ccc(S(=O)(=O)Cl)c(Cl)c1)c1ccc(F)cc1. The zero-order chi connectivity index (χ0) is 23.3. The molecular formula is C23H18Cl2FNO4S. The number of Topliss-reactive ketones (excluding diaryl/α,β-unsaturated/α-hetero) is 1. The largest absolute Gasteiger partial charge is 0.342 e. The highest BCUT2D eigenvalue weighted by Gasteiger charge is 2.23. The Morgan fingerprint density at radius 1 is 0.938 bits per heavy atom. The molecule has 32 heavy (non-hydrogen) atoms. The van der Waals surface area contributed by atoms with Crippen LogP contribution in [0.3, 0.4) is 0 Å². The van der Waals surface area contributed by atoms with E-state index in [2.05, 4.69) is 5.32 Å². The van der Waals surface area contributed by atoms with E-state index >= 15 is 0 Å². The first-order chi connectivity index (χ1) is 15.1. The van der Waals surface area contributed by atoms with Gasteiger partial charge >= 0.3 is 0 Å². The number of ketones is 1. The van der Waals surface area contributed by atoms with E-state index in [0.29, 0.717) is 5.56 Å². The summed E-state index contributed by atoms with van der Waals surface area (Å²) in [5.41, 5.74) is 1.53. The summed E-state index contributed by atoms with van der Waals surface area (Å²) >= 11 is 6.01. The van der Waals surface area contributed by atoms with Gasteiger partial charge in [-0.05, 0) is 53.9 Å². The second-order valence-corrected chi connectivity index (χ2v) is 10.0. The van der Waals surface area contributed by atoms with Crippen LogP contribution in [-0.2, 0) is 26.7 Å². The maximum atomic E-state index is 13.2. The zero-order valence-corrected chi connectivity index (χ0v) is 18.9. The van der Waals surface area contributed by atoms with Crippen molar-refractivity contribution in [3.63, 3.8) is 0 Å². The molecule has 1 amide bonds. The molecule has 3 aromatic rings. The maximum absolute atomic E-state index is 13.2. The van der Waals surface area contributed by atoms with Gasteiger partial charge in [-0.25, -0.2) is 12.8 Å². The molecule has 5 nitrogen and oxygen atoms in total.